The summed E-state index contributed by atoms with van der Waals surface area (Å²) in [5, 5.41) is 9.07. The summed E-state index contributed by atoms with van der Waals surface area (Å²) < 4.78 is 88.6. The first-order chi connectivity index (χ1) is 19.4. The van der Waals surface area contributed by atoms with E-state index in [2.05, 4.69) is 31.0 Å². The van der Waals surface area contributed by atoms with Gasteiger partial charge in [-0.3, -0.25) is 4.99 Å². The van der Waals surface area contributed by atoms with Crippen molar-refractivity contribution >= 4 is 11.7 Å². The van der Waals surface area contributed by atoms with E-state index in [0.29, 0.717) is 24.1 Å². The molecule has 0 heterocycles. The van der Waals surface area contributed by atoms with Crippen molar-refractivity contribution in [3.63, 3.8) is 0 Å². The van der Waals surface area contributed by atoms with Gasteiger partial charge in [0.2, 0.25) is 0 Å². The van der Waals surface area contributed by atoms with Crippen molar-refractivity contribution < 1.29 is 40.6 Å². The molecule has 0 atom stereocenters. The standard InChI is InChI=1S/C15H21FO2.C11H9F6N.C6H12/c1-5-8-14(15(17)18)12(7-3)10-13(16)9-11(4)6-2;1-6(18-2)7-3-8(10(12,13)14)5-9(4-7)11(15,16)17;1-3-5-6-4-2/h7-10H,5-6H2,1-4H3,(H,17,18);3-5H,1-2H3;3,5H,4,6H2,1-2H3/b11-9?,12-7+,13-10+,14-8-;;5-3+. The van der Waals surface area contributed by atoms with Gasteiger partial charge in [0.1, 0.15) is 5.83 Å². The van der Waals surface area contributed by atoms with E-state index in [-0.39, 0.29) is 22.9 Å². The normalized spacial score (nSPS) is 13.8. The highest BCUT2D eigenvalue weighted by Gasteiger charge is 2.37. The van der Waals surface area contributed by atoms with Crippen LogP contribution in [0, 0.1) is 0 Å². The number of rotatable bonds is 9. The van der Waals surface area contributed by atoms with Crippen LogP contribution in [0.15, 0.2) is 82.2 Å². The van der Waals surface area contributed by atoms with Crippen LogP contribution in [0.1, 0.15) is 90.8 Å². The number of alkyl halides is 6. The average Bonchev–Trinajstić information content (AvgIpc) is 2.92. The molecule has 1 rings (SSSR count). The Hall–Kier alpha value is -3.43. The van der Waals surface area contributed by atoms with E-state index in [1.54, 1.807) is 19.1 Å². The minimum absolute atomic E-state index is 0.0897. The SMILES string of the molecule is C/C=C(\C=C(\F)C=C(C)CC)C(=C/CC)/C(=O)O.C/C=C/CCC.CN=C(C)c1cc(C(F)(F)F)cc(C(F)(F)F)c1. The molecule has 0 unspecified atom stereocenters. The lowest BCUT2D eigenvalue weighted by molar-refractivity contribution is -0.143. The molecule has 0 radical (unpaired) electrons. The van der Waals surface area contributed by atoms with E-state index in [1.165, 1.54) is 39.0 Å². The van der Waals surface area contributed by atoms with E-state index in [1.807, 2.05) is 20.8 Å². The molecule has 236 valence electrons. The molecule has 0 bridgehead atoms. The van der Waals surface area contributed by atoms with E-state index < -0.39 is 35.3 Å². The summed E-state index contributed by atoms with van der Waals surface area (Å²) in [5.74, 6) is -1.46. The molecule has 0 aliphatic heterocycles. The Morgan fingerprint density at radius 1 is 0.929 bits per heavy atom. The smallest absolute Gasteiger partial charge is 0.416 e. The Morgan fingerprint density at radius 2 is 1.45 bits per heavy atom. The van der Waals surface area contributed by atoms with Crippen LogP contribution in [0.5, 0.6) is 0 Å². The topological polar surface area (TPSA) is 49.7 Å². The first-order valence-corrected chi connectivity index (χ1v) is 13.4. The average molecular weight is 606 g/mol. The first-order valence-electron chi connectivity index (χ1n) is 13.4. The Balaban J connectivity index is 0. The molecule has 1 aromatic rings. The van der Waals surface area contributed by atoms with Gasteiger partial charge in [-0.05, 0) is 88.4 Å². The van der Waals surface area contributed by atoms with Gasteiger partial charge in [-0.25, -0.2) is 9.18 Å². The number of carbonyl (C=O) groups is 1. The second-order valence-corrected chi connectivity index (χ2v) is 8.91. The second kappa shape index (κ2) is 20.4. The molecule has 0 aromatic heterocycles. The van der Waals surface area contributed by atoms with Crippen molar-refractivity contribution in [3.05, 3.63) is 93.9 Å². The summed E-state index contributed by atoms with van der Waals surface area (Å²) in [6, 6.07) is 1.39. The molecule has 42 heavy (non-hydrogen) atoms. The molecule has 0 saturated heterocycles. The number of nitrogens with zero attached hydrogens (tertiary/aromatic N) is 1. The lowest BCUT2D eigenvalue weighted by Crippen LogP contribution is -2.13. The highest BCUT2D eigenvalue weighted by molar-refractivity contribution is 5.99. The number of carboxylic acid groups (broad SMARTS) is 1. The molecule has 0 amide bonds. The molecule has 0 fully saturated rings. The van der Waals surface area contributed by atoms with E-state index >= 15 is 0 Å². The van der Waals surface area contributed by atoms with Crippen molar-refractivity contribution in [3.8, 4) is 0 Å². The third-order valence-electron chi connectivity index (χ3n) is 5.53. The van der Waals surface area contributed by atoms with Gasteiger partial charge in [-0.2, -0.15) is 26.3 Å². The third kappa shape index (κ3) is 16.7. The van der Waals surface area contributed by atoms with Gasteiger partial charge in [-0.1, -0.05) is 57.1 Å². The maximum Gasteiger partial charge on any atom is 0.416 e. The van der Waals surface area contributed by atoms with E-state index in [0.717, 1.165) is 12.0 Å². The van der Waals surface area contributed by atoms with Gasteiger partial charge in [0.25, 0.3) is 0 Å². The fraction of sp³-hybridized carbons (Fsp3) is 0.438. The number of aliphatic imine (C=N–C) groups is 1. The summed E-state index contributed by atoms with van der Waals surface area (Å²) in [5.41, 5.74) is -1.33. The van der Waals surface area contributed by atoms with Gasteiger partial charge in [-0.15, -0.1) is 0 Å². The number of carboxylic acids is 1. The number of halogens is 7. The fourth-order valence-corrected chi connectivity index (χ4v) is 3.00. The van der Waals surface area contributed by atoms with Crippen molar-refractivity contribution in [1.29, 1.82) is 0 Å². The predicted molar refractivity (Wildman–Crippen MR) is 157 cm³/mol. The van der Waals surface area contributed by atoms with Gasteiger partial charge < -0.3 is 5.11 Å². The zero-order valence-corrected chi connectivity index (χ0v) is 25.5. The van der Waals surface area contributed by atoms with Crippen LogP contribution in [-0.4, -0.2) is 23.8 Å². The summed E-state index contributed by atoms with van der Waals surface area (Å²) in [7, 11) is 1.29. The molecule has 0 spiro atoms. The lowest BCUT2D eigenvalue weighted by atomic mass is 10.0. The highest BCUT2D eigenvalue weighted by Crippen LogP contribution is 2.36. The van der Waals surface area contributed by atoms with Crippen molar-refractivity contribution in [2.45, 2.75) is 86.5 Å². The van der Waals surface area contributed by atoms with Crippen LogP contribution in [0.2, 0.25) is 0 Å². The first kappa shape index (κ1) is 40.7. The number of hydrogen-bond donors (Lipinski definition) is 1. The molecular weight excluding hydrogens is 563 g/mol. The van der Waals surface area contributed by atoms with Crippen LogP contribution >= 0.6 is 0 Å². The minimum atomic E-state index is -4.83. The highest BCUT2D eigenvalue weighted by atomic mass is 19.4. The van der Waals surface area contributed by atoms with Crippen LogP contribution < -0.4 is 0 Å². The summed E-state index contributed by atoms with van der Waals surface area (Å²) in [4.78, 5) is 14.7. The maximum absolute atomic E-state index is 13.7. The van der Waals surface area contributed by atoms with Crippen LogP contribution in [0.25, 0.3) is 0 Å². The number of aliphatic carboxylic acids is 1. The van der Waals surface area contributed by atoms with E-state index in [4.69, 9.17) is 5.11 Å². The van der Waals surface area contributed by atoms with Crippen molar-refractivity contribution in [1.82, 2.24) is 0 Å². The quantitative estimate of drug-likeness (QED) is 0.100. The summed E-state index contributed by atoms with van der Waals surface area (Å²) >= 11 is 0. The predicted octanol–water partition coefficient (Wildman–Crippen LogP) is 11.1. The third-order valence-corrected chi connectivity index (χ3v) is 5.53. The van der Waals surface area contributed by atoms with Crippen LogP contribution in [0.3, 0.4) is 0 Å². The van der Waals surface area contributed by atoms with Crippen molar-refractivity contribution in [2.75, 3.05) is 7.05 Å². The van der Waals surface area contributed by atoms with Gasteiger partial charge >= 0.3 is 18.3 Å². The molecule has 0 aliphatic carbocycles. The Kier molecular flexibility index (Phi) is 19.8. The molecular formula is C32H42F7NO2. The van der Waals surface area contributed by atoms with Gasteiger partial charge in [0, 0.05) is 12.8 Å². The number of hydrogen-bond acceptors (Lipinski definition) is 2. The number of allylic oxidation sites excluding steroid dienone is 8. The summed E-state index contributed by atoms with van der Waals surface area (Å²) in [6.45, 7) is 12.9. The van der Waals surface area contributed by atoms with Gasteiger partial charge in [0.15, 0.2) is 0 Å². The largest absolute Gasteiger partial charge is 0.478 e. The zero-order chi connectivity index (χ0) is 33.1. The lowest BCUT2D eigenvalue weighted by Gasteiger charge is -2.14. The minimum Gasteiger partial charge on any atom is -0.478 e. The second-order valence-electron chi connectivity index (χ2n) is 8.91. The Bertz CT molecular complexity index is 1130. The number of benzene rings is 1. The molecule has 1 aromatic carbocycles. The molecule has 3 nitrogen and oxygen atoms in total. The Labute approximate surface area is 244 Å². The maximum atomic E-state index is 13.7. The Morgan fingerprint density at radius 3 is 1.76 bits per heavy atom. The molecule has 1 N–H and O–H groups in total. The molecule has 0 saturated carbocycles. The fourth-order valence-electron chi connectivity index (χ4n) is 3.00. The molecule has 0 aliphatic rings. The van der Waals surface area contributed by atoms with Crippen molar-refractivity contribution in [2.24, 2.45) is 4.99 Å². The zero-order valence-electron chi connectivity index (χ0n) is 25.5. The van der Waals surface area contributed by atoms with Crippen LogP contribution in [0.4, 0.5) is 30.7 Å². The van der Waals surface area contributed by atoms with Gasteiger partial charge in [0.05, 0.1) is 16.7 Å². The van der Waals surface area contributed by atoms with Crippen LogP contribution in [-0.2, 0) is 17.1 Å². The number of unbranched alkanes of at least 4 members (excludes halogenated alkanes) is 1. The monoisotopic (exact) mass is 605 g/mol. The summed E-state index contributed by atoms with van der Waals surface area (Å²) in [6.07, 6.45) is 4.34. The van der Waals surface area contributed by atoms with E-state index in [9.17, 15) is 35.5 Å². The molecule has 10 heteroatoms.